The molecular weight excluding hydrogens is 468 g/mol. The first-order valence-electron chi connectivity index (χ1n) is 10.4. The minimum absolute atomic E-state index is 0.137. The van der Waals surface area contributed by atoms with Gasteiger partial charge >= 0.3 is 6.03 Å². The van der Waals surface area contributed by atoms with E-state index < -0.39 is 17.2 Å². The molecule has 3 N–H and O–H groups in total. The van der Waals surface area contributed by atoms with E-state index >= 15 is 0 Å². The summed E-state index contributed by atoms with van der Waals surface area (Å²) in [5.74, 6) is -0.651. The standard InChI is InChI=1S/C22H23ClN4O3S2/c1-11(2)17(18(28)25-21(24)30)32-22-26-19-16(14-5-3-4-6-15(14)31-19)20(29)27(22)13-9-7-12(23)8-10-13/h7-11,17H,3-6H2,1-2H3,(H3,24,25,28,30). The summed E-state index contributed by atoms with van der Waals surface area (Å²) in [7, 11) is 0. The summed E-state index contributed by atoms with van der Waals surface area (Å²) in [6.07, 6.45) is 3.98. The van der Waals surface area contributed by atoms with Crippen molar-refractivity contribution in [3.05, 3.63) is 50.1 Å². The lowest BCUT2D eigenvalue weighted by Crippen LogP contribution is -2.42. The van der Waals surface area contributed by atoms with Crippen LogP contribution in [0.2, 0.25) is 5.02 Å². The van der Waals surface area contributed by atoms with E-state index in [1.54, 1.807) is 35.6 Å². The molecule has 0 fully saturated rings. The Morgan fingerprint density at radius 3 is 2.56 bits per heavy atom. The molecule has 0 aliphatic heterocycles. The van der Waals surface area contributed by atoms with Crippen molar-refractivity contribution in [1.82, 2.24) is 14.9 Å². The molecule has 4 rings (SSSR count). The molecule has 0 saturated heterocycles. The number of halogens is 1. The lowest BCUT2D eigenvalue weighted by Gasteiger charge is -2.20. The van der Waals surface area contributed by atoms with Gasteiger partial charge in [-0.15, -0.1) is 11.3 Å². The van der Waals surface area contributed by atoms with Crippen molar-refractivity contribution in [3.63, 3.8) is 0 Å². The van der Waals surface area contributed by atoms with Crippen LogP contribution in [0.1, 0.15) is 37.1 Å². The van der Waals surface area contributed by atoms with Gasteiger partial charge in [-0.1, -0.05) is 37.2 Å². The number of hydrogen-bond acceptors (Lipinski definition) is 6. The third kappa shape index (κ3) is 4.42. The summed E-state index contributed by atoms with van der Waals surface area (Å²) in [6.45, 7) is 3.73. The van der Waals surface area contributed by atoms with Crippen LogP contribution in [0.15, 0.2) is 34.2 Å². The predicted octanol–water partition coefficient (Wildman–Crippen LogP) is 4.29. The van der Waals surface area contributed by atoms with Gasteiger partial charge in [-0.25, -0.2) is 9.78 Å². The maximum Gasteiger partial charge on any atom is 0.318 e. The Balaban J connectivity index is 1.91. The number of rotatable bonds is 5. The number of aryl methyl sites for hydroxylation is 2. The minimum atomic E-state index is -0.911. The number of aromatic nitrogens is 2. The highest BCUT2D eigenvalue weighted by Crippen LogP contribution is 2.36. The fraction of sp³-hybridized carbons (Fsp3) is 0.364. The second kappa shape index (κ2) is 9.25. The fourth-order valence-electron chi connectivity index (χ4n) is 3.88. The summed E-state index contributed by atoms with van der Waals surface area (Å²) in [5.41, 5.74) is 6.71. The SMILES string of the molecule is CC(C)C(Sc1nc2sc3c(c2c(=O)n1-c1ccc(Cl)cc1)CCCC3)C(=O)NC(N)=O. The van der Waals surface area contributed by atoms with Gasteiger partial charge in [0.25, 0.3) is 5.56 Å². The Hall–Kier alpha value is -2.36. The van der Waals surface area contributed by atoms with Crippen LogP contribution in [0.4, 0.5) is 4.79 Å². The molecule has 1 aliphatic rings. The van der Waals surface area contributed by atoms with Gasteiger partial charge in [0.05, 0.1) is 16.3 Å². The van der Waals surface area contributed by atoms with Crippen molar-refractivity contribution in [2.75, 3.05) is 0 Å². The van der Waals surface area contributed by atoms with Crippen LogP contribution < -0.4 is 16.6 Å². The molecule has 10 heteroatoms. The van der Waals surface area contributed by atoms with Gasteiger partial charge in [-0.2, -0.15) is 0 Å². The first kappa shape index (κ1) is 22.8. The number of benzene rings is 1. The Morgan fingerprint density at radius 2 is 1.91 bits per heavy atom. The number of carbonyl (C=O) groups excluding carboxylic acids is 2. The number of fused-ring (bicyclic) bond motifs is 3. The summed E-state index contributed by atoms with van der Waals surface area (Å²) in [5, 5.41) is 3.09. The number of carbonyl (C=O) groups is 2. The lowest BCUT2D eigenvalue weighted by molar-refractivity contribution is -0.120. The number of nitrogens with zero attached hydrogens (tertiary/aromatic N) is 2. The Morgan fingerprint density at radius 1 is 1.22 bits per heavy atom. The van der Waals surface area contributed by atoms with Crippen LogP contribution >= 0.6 is 34.7 Å². The molecule has 32 heavy (non-hydrogen) atoms. The van der Waals surface area contributed by atoms with Gasteiger partial charge in [-0.05, 0) is 61.4 Å². The molecule has 3 aromatic rings. The largest absolute Gasteiger partial charge is 0.351 e. The number of thioether (sulfide) groups is 1. The fourth-order valence-corrected chi connectivity index (χ4v) is 6.42. The van der Waals surface area contributed by atoms with Crippen LogP contribution in [0, 0.1) is 5.92 Å². The maximum absolute atomic E-state index is 13.8. The number of imide groups is 1. The van der Waals surface area contributed by atoms with Crippen molar-refractivity contribution >= 4 is 56.9 Å². The quantitative estimate of drug-likeness (QED) is 0.409. The average molecular weight is 491 g/mol. The monoisotopic (exact) mass is 490 g/mol. The van der Waals surface area contributed by atoms with E-state index in [0.29, 0.717) is 26.1 Å². The van der Waals surface area contributed by atoms with Crippen molar-refractivity contribution in [1.29, 1.82) is 0 Å². The molecule has 0 spiro atoms. The van der Waals surface area contributed by atoms with Crippen molar-refractivity contribution in [3.8, 4) is 5.69 Å². The summed E-state index contributed by atoms with van der Waals surface area (Å²) in [6, 6.07) is 6.03. The minimum Gasteiger partial charge on any atom is -0.351 e. The zero-order valence-electron chi connectivity index (χ0n) is 17.7. The molecule has 168 valence electrons. The second-order valence-electron chi connectivity index (χ2n) is 8.04. The van der Waals surface area contributed by atoms with Crippen molar-refractivity contribution in [2.45, 2.75) is 49.9 Å². The van der Waals surface area contributed by atoms with Gasteiger partial charge in [0, 0.05) is 9.90 Å². The first-order valence-corrected chi connectivity index (χ1v) is 12.4. The molecule has 1 aromatic carbocycles. The molecule has 0 bridgehead atoms. The maximum atomic E-state index is 13.8. The van der Waals surface area contributed by atoms with Crippen LogP contribution in [0.25, 0.3) is 15.9 Å². The highest BCUT2D eigenvalue weighted by Gasteiger charge is 2.29. The predicted molar refractivity (Wildman–Crippen MR) is 129 cm³/mol. The molecule has 3 amide bonds. The number of thiophene rings is 1. The molecule has 7 nitrogen and oxygen atoms in total. The van der Waals surface area contributed by atoms with Crippen LogP contribution in [-0.2, 0) is 17.6 Å². The van der Waals surface area contributed by atoms with Gasteiger partial charge in [0.15, 0.2) is 5.16 Å². The Labute approximate surface area is 198 Å². The normalized spacial score (nSPS) is 14.4. The number of nitrogens with one attached hydrogen (secondary N) is 1. The third-order valence-electron chi connectivity index (χ3n) is 5.39. The van der Waals surface area contributed by atoms with Crippen LogP contribution in [-0.4, -0.2) is 26.7 Å². The van der Waals surface area contributed by atoms with E-state index in [1.807, 2.05) is 13.8 Å². The molecule has 1 unspecified atom stereocenters. The third-order valence-corrected chi connectivity index (χ3v) is 8.32. The number of nitrogens with two attached hydrogens (primary N) is 1. The smallest absolute Gasteiger partial charge is 0.318 e. The molecule has 1 aliphatic carbocycles. The molecule has 0 saturated carbocycles. The summed E-state index contributed by atoms with van der Waals surface area (Å²) in [4.78, 5) is 44.4. The van der Waals surface area contributed by atoms with Crippen LogP contribution in [0.5, 0.6) is 0 Å². The molecule has 2 aromatic heterocycles. The molecular formula is C22H23ClN4O3S2. The number of urea groups is 1. The number of primary amides is 1. The second-order valence-corrected chi connectivity index (χ2v) is 10.7. The van der Waals surface area contributed by atoms with E-state index in [0.717, 1.165) is 43.0 Å². The molecule has 1 atom stereocenters. The summed E-state index contributed by atoms with van der Waals surface area (Å²) >= 11 is 8.77. The van der Waals surface area contributed by atoms with E-state index in [2.05, 4.69) is 5.32 Å². The van der Waals surface area contributed by atoms with Crippen LogP contribution in [0.3, 0.4) is 0 Å². The van der Waals surface area contributed by atoms with Gasteiger partial charge in [0.1, 0.15) is 4.83 Å². The van der Waals surface area contributed by atoms with E-state index in [-0.39, 0.29) is 11.5 Å². The van der Waals surface area contributed by atoms with E-state index in [1.165, 1.54) is 9.44 Å². The van der Waals surface area contributed by atoms with Gasteiger partial charge in [-0.3, -0.25) is 19.5 Å². The Kier molecular flexibility index (Phi) is 6.60. The zero-order chi connectivity index (χ0) is 23.0. The van der Waals surface area contributed by atoms with Gasteiger partial charge in [0.2, 0.25) is 5.91 Å². The Bertz CT molecular complexity index is 1250. The van der Waals surface area contributed by atoms with E-state index in [4.69, 9.17) is 22.3 Å². The zero-order valence-corrected chi connectivity index (χ0v) is 20.1. The van der Waals surface area contributed by atoms with Gasteiger partial charge < -0.3 is 5.73 Å². The summed E-state index contributed by atoms with van der Waals surface area (Å²) < 4.78 is 1.54. The topological polar surface area (TPSA) is 107 Å². The lowest BCUT2D eigenvalue weighted by atomic mass is 9.97. The molecule has 0 radical (unpaired) electrons. The van der Waals surface area contributed by atoms with Crippen molar-refractivity contribution in [2.24, 2.45) is 11.7 Å². The highest BCUT2D eigenvalue weighted by molar-refractivity contribution is 8.00. The number of hydrogen-bond donors (Lipinski definition) is 2. The molecule has 2 heterocycles. The number of amides is 3. The highest BCUT2D eigenvalue weighted by atomic mass is 35.5. The van der Waals surface area contributed by atoms with Crippen molar-refractivity contribution < 1.29 is 9.59 Å². The first-order chi connectivity index (χ1) is 15.3. The van der Waals surface area contributed by atoms with E-state index in [9.17, 15) is 14.4 Å². The average Bonchev–Trinajstić information content (AvgIpc) is 3.11.